The van der Waals surface area contributed by atoms with Gasteiger partial charge in [-0.05, 0) is 108 Å². The fourth-order valence-electron chi connectivity index (χ4n) is 7.71. The molecule has 422 valence electrons. The van der Waals surface area contributed by atoms with Crippen molar-refractivity contribution in [3.05, 3.63) is 71.3 Å². The van der Waals surface area contributed by atoms with E-state index in [0.717, 1.165) is 76.7 Å². The lowest BCUT2D eigenvalue weighted by Crippen LogP contribution is -2.58. The topological polar surface area (TPSA) is 385 Å². The molecule has 0 aromatic heterocycles. The quantitative estimate of drug-likeness (QED) is 0.0374. The SMILES string of the molecule is CCCSc1ccc2c(c1)CC(CC1OC(CO)C(O)C(O)C1O)=N2.CCCSc1ccc2c(c1)CC(N)=N2.CCCSc1ccc2c(c1)CC(N=CC(O)C(O)C(O)C(O)CO)=N2.O=CC(O)C(O)C(O)C(O)CO. The Morgan fingerprint density at radius 1 is 0.605 bits per heavy atom. The summed E-state index contributed by atoms with van der Waals surface area (Å²) in [6, 6.07) is 18.7. The molecule has 13 atom stereocenters. The molecule has 76 heavy (non-hydrogen) atoms. The monoisotopic (exact) mass is 1120 g/mol. The molecule has 3 aromatic carbocycles. The molecule has 0 bridgehead atoms. The zero-order chi connectivity index (χ0) is 56.1. The van der Waals surface area contributed by atoms with Crippen LogP contribution in [-0.4, -0.2) is 218 Å². The first-order valence-electron chi connectivity index (χ1n) is 25.0. The van der Waals surface area contributed by atoms with E-state index in [1.165, 1.54) is 32.4 Å². The van der Waals surface area contributed by atoms with E-state index in [9.17, 15) is 45.6 Å². The number of carbonyl (C=O) groups excluding carboxylic acids is 1. The molecule has 3 aromatic rings. The molecule has 21 nitrogen and oxygen atoms in total. The zero-order valence-corrected chi connectivity index (χ0v) is 45.2. The molecular weight excluding hydrogens is 1050 g/mol. The molecule has 1 fully saturated rings. The Balaban J connectivity index is 0.000000230. The number of aliphatic hydroxyl groups excluding tert-OH is 14. The van der Waals surface area contributed by atoms with E-state index in [1.54, 1.807) is 11.8 Å². The molecule has 4 heterocycles. The normalized spacial score (nSPS) is 22.5. The highest BCUT2D eigenvalue weighted by Crippen LogP contribution is 2.35. The van der Waals surface area contributed by atoms with Crippen LogP contribution in [0, 0.1) is 0 Å². The standard InChI is InChI=1S/C18H25NO5S.C17H24N2O5S.C11H14N2S.C6H12O6/c1-2-5-25-12-3-4-13-10(7-12)6-11(19-13)8-14-16(21)18(23)17(22)15(9-20)24-14;1-2-5-25-11-3-4-12-10(6-11)7-15(19-12)18-8-13(21)16(23)17(24)14(22)9-20;1-2-5-14-9-3-4-10-8(6-9)7-11(12)13-10;7-1-3(9)5(11)6(12)4(10)2-8/h3-4,7,14-18,20-23H,2,5-6,8-9H2,1H3;3-4,6,8,13-14,16-17,20-24H,2,5,7,9H2,1H3;3-4,6H,2,5,7H2,1H3,(H2,12,13);1,3-6,8-12H,2H2. The van der Waals surface area contributed by atoms with Crippen molar-refractivity contribution >= 4 is 82.2 Å². The number of nitrogens with zero attached hydrogens (tertiary/aromatic N) is 4. The van der Waals surface area contributed by atoms with E-state index in [2.05, 4.69) is 77.1 Å². The van der Waals surface area contributed by atoms with Crippen molar-refractivity contribution in [1.29, 1.82) is 0 Å². The highest BCUT2D eigenvalue weighted by Gasteiger charge is 2.44. The van der Waals surface area contributed by atoms with Gasteiger partial charge in [0, 0.05) is 52.3 Å². The van der Waals surface area contributed by atoms with Crippen LogP contribution in [0.15, 0.2) is 89.3 Å². The van der Waals surface area contributed by atoms with E-state index < -0.39 is 99.2 Å². The summed E-state index contributed by atoms with van der Waals surface area (Å²) in [5.74, 6) is 4.54. The zero-order valence-electron chi connectivity index (χ0n) is 42.7. The third-order valence-corrected chi connectivity index (χ3v) is 15.6. The van der Waals surface area contributed by atoms with E-state index >= 15 is 0 Å². The number of rotatable bonds is 22. The van der Waals surface area contributed by atoms with Crippen LogP contribution >= 0.6 is 35.3 Å². The minimum absolute atomic E-state index is 0.0258. The number of ether oxygens (including phenoxy) is 1. The molecule has 7 rings (SSSR count). The highest BCUT2D eigenvalue weighted by molar-refractivity contribution is 7.99. The summed E-state index contributed by atoms with van der Waals surface area (Å²) < 4.78 is 5.57. The van der Waals surface area contributed by atoms with Gasteiger partial charge < -0.3 is 86.8 Å². The summed E-state index contributed by atoms with van der Waals surface area (Å²) in [5.41, 5.74) is 12.8. The lowest BCUT2D eigenvalue weighted by Gasteiger charge is -2.40. The number of aliphatic hydroxyl groups is 14. The van der Waals surface area contributed by atoms with Crippen molar-refractivity contribution in [3.63, 3.8) is 0 Å². The number of hydrogen-bond acceptors (Lipinski definition) is 24. The summed E-state index contributed by atoms with van der Waals surface area (Å²) in [5, 5.41) is 130. The molecule has 0 aliphatic carbocycles. The Labute approximate surface area is 455 Å². The van der Waals surface area contributed by atoms with Gasteiger partial charge >= 0.3 is 0 Å². The summed E-state index contributed by atoms with van der Waals surface area (Å²) >= 11 is 5.50. The first-order valence-corrected chi connectivity index (χ1v) is 28.0. The predicted molar refractivity (Wildman–Crippen MR) is 294 cm³/mol. The average molecular weight is 1120 g/mol. The molecule has 4 aliphatic heterocycles. The molecule has 0 radical (unpaired) electrons. The number of carbonyl (C=O) groups is 1. The van der Waals surface area contributed by atoms with Crippen molar-refractivity contribution in [2.45, 2.75) is 160 Å². The maximum absolute atomic E-state index is 10.2. The van der Waals surface area contributed by atoms with E-state index in [1.807, 2.05) is 41.7 Å². The molecule has 1 saturated heterocycles. The van der Waals surface area contributed by atoms with Crippen LogP contribution in [0.25, 0.3) is 0 Å². The van der Waals surface area contributed by atoms with E-state index in [-0.39, 0.29) is 6.29 Å². The highest BCUT2D eigenvalue weighted by atomic mass is 32.2. The minimum Gasteiger partial charge on any atom is -0.394 e. The molecule has 4 aliphatic rings. The van der Waals surface area contributed by atoms with Crippen LogP contribution in [0.3, 0.4) is 0 Å². The van der Waals surface area contributed by atoms with Crippen molar-refractivity contribution in [2.75, 3.05) is 37.1 Å². The summed E-state index contributed by atoms with van der Waals surface area (Å²) in [7, 11) is 0. The van der Waals surface area contributed by atoms with Crippen LogP contribution in [0.2, 0.25) is 0 Å². The number of benzene rings is 3. The molecule has 0 amide bonds. The lowest BCUT2D eigenvalue weighted by molar-refractivity contribution is -0.227. The third-order valence-electron chi connectivity index (χ3n) is 12.0. The van der Waals surface area contributed by atoms with Crippen molar-refractivity contribution in [2.24, 2.45) is 25.7 Å². The molecule has 0 spiro atoms. The second kappa shape index (κ2) is 33.0. The second-order valence-corrected chi connectivity index (χ2v) is 21.7. The number of aldehydes is 1. The van der Waals surface area contributed by atoms with Crippen molar-refractivity contribution < 1.29 is 81.0 Å². The number of thioether (sulfide) groups is 3. The number of fused-ring (bicyclic) bond motifs is 3. The number of nitrogens with two attached hydrogens (primary N) is 1. The van der Waals surface area contributed by atoms with Gasteiger partial charge in [0.15, 0.2) is 6.29 Å². The summed E-state index contributed by atoms with van der Waals surface area (Å²) in [6.45, 7) is 4.59. The Morgan fingerprint density at radius 3 is 1.53 bits per heavy atom. The smallest absolute Gasteiger partial charge is 0.151 e. The first kappa shape index (κ1) is 64.8. The number of aliphatic imine (C=N–C) groups is 4. The van der Waals surface area contributed by atoms with Gasteiger partial charge in [0.2, 0.25) is 0 Å². The summed E-state index contributed by atoms with van der Waals surface area (Å²) in [4.78, 5) is 30.9. The fraction of sp³-hybridized carbons (Fsp3) is 0.558. The number of hydrogen-bond donors (Lipinski definition) is 15. The first-order chi connectivity index (χ1) is 36.3. The van der Waals surface area contributed by atoms with Gasteiger partial charge in [0.1, 0.15) is 84.9 Å². The van der Waals surface area contributed by atoms with E-state index in [4.69, 9.17) is 41.1 Å². The fourth-order valence-corrected chi connectivity index (χ4v) is 10.2. The average Bonchev–Trinajstić information content (AvgIpc) is 4.16. The van der Waals surface area contributed by atoms with Crippen molar-refractivity contribution in [3.8, 4) is 0 Å². The molecule has 0 saturated carbocycles. The van der Waals surface area contributed by atoms with Crippen LogP contribution in [0.1, 0.15) is 63.1 Å². The maximum Gasteiger partial charge on any atom is 0.151 e. The molecule has 16 N–H and O–H groups in total. The molecular formula is C52H75N5O16S3. The maximum atomic E-state index is 10.2. The summed E-state index contributed by atoms with van der Waals surface area (Å²) in [6.07, 6.45) is -11.7. The van der Waals surface area contributed by atoms with Gasteiger partial charge in [-0.15, -0.1) is 35.3 Å². The predicted octanol–water partition coefficient (Wildman–Crippen LogP) is 0.686. The van der Waals surface area contributed by atoms with Crippen molar-refractivity contribution in [1.82, 2.24) is 0 Å². The van der Waals surface area contributed by atoms with E-state index in [0.29, 0.717) is 25.1 Å². The largest absolute Gasteiger partial charge is 0.394 e. The molecule has 24 heteroatoms. The van der Waals surface area contributed by atoms with Gasteiger partial charge in [-0.3, -0.25) is 4.99 Å². The Morgan fingerprint density at radius 2 is 1.05 bits per heavy atom. The van der Waals surface area contributed by atoms with Gasteiger partial charge in [0.25, 0.3) is 0 Å². The minimum atomic E-state index is -1.79. The second-order valence-electron chi connectivity index (χ2n) is 18.2. The van der Waals surface area contributed by atoms with Gasteiger partial charge in [-0.1, -0.05) is 20.8 Å². The third kappa shape index (κ3) is 19.3. The van der Waals surface area contributed by atoms with Gasteiger partial charge in [-0.25, -0.2) is 15.0 Å². The number of amidine groups is 2. The van der Waals surface area contributed by atoms with Gasteiger partial charge in [0.05, 0.1) is 43.0 Å². The lowest BCUT2D eigenvalue weighted by atomic mass is 9.92. The van der Waals surface area contributed by atoms with Gasteiger partial charge in [-0.2, -0.15) is 0 Å². The van der Waals surface area contributed by atoms with Crippen LogP contribution in [0.5, 0.6) is 0 Å². The Kier molecular flexibility index (Phi) is 28.1. The van der Waals surface area contributed by atoms with Crippen LogP contribution in [0.4, 0.5) is 17.1 Å². The Bertz CT molecular complexity index is 2400. The Hall–Kier alpha value is -3.74. The molecule has 13 unspecified atom stereocenters. The van der Waals surface area contributed by atoms with Crippen LogP contribution < -0.4 is 5.73 Å². The van der Waals surface area contributed by atoms with Crippen LogP contribution in [-0.2, 0) is 28.8 Å².